The number of hydrogen-bond donors (Lipinski definition) is 0. The molecule has 0 bridgehead atoms. The first kappa shape index (κ1) is 31.5. The van der Waals surface area contributed by atoms with Crippen LogP contribution in [0.4, 0.5) is 0 Å². The van der Waals surface area contributed by atoms with Crippen molar-refractivity contribution in [2.75, 3.05) is 0 Å². The van der Waals surface area contributed by atoms with Gasteiger partial charge in [0.2, 0.25) is 5.95 Å². The highest BCUT2D eigenvalue weighted by molar-refractivity contribution is 6.16. The van der Waals surface area contributed by atoms with Crippen LogP contribution in [0.3, 0.4) is 0 Å². The summed E-state index contributed by atoms with van der Waals surface area (Å²) in [4.78, 5) is 15.4. The van der Waals surface area contributed by atoms with Gasteiger partial charge in [0.1, 0.15) is 22.3 Å². The molecule has 12 rings (SSSR count). The highest BCUT2D eigenvalue weighted by Gasteiger charge is 2.21. The second kappa shape index (κ2) is 12.3. The summed E-state index contributed by atoms with van der Waals surface area (Å²) in [5, 5.41) is 6.58. The Hall–Kier alpha value is -7.83. The Morgan fingerprint density at radius 1 is 0.333 bits per heavy atom. The van der Waals surface area contributed by atoms with Crippen molar-refractivity contribution < 1.29 is 8.83 Å². The van der Waals surface area contributed by atoms with Gasteiger partial charge in [0.05, 0.1) is 11.0 Å². The van der Waals surface area contributed by atoms with Gasteiger partial charge in [-0.2, -0.15) is 9.97 Å². The molecule has 57 heavy (non-hydrogen) atoms. The van der Waals surface area contributed by atoms with Gasteiger partial charge in [0.15, 0.2) is 11.6 Å². The molecule has 0 aliphatic carbocycles. The molecule has 6 heteroatoms. The Balaban J connectivity index is 1.03. The quantitative estimate of drug-likeness (QED) is 0.176. The van der Waals surface area contributed by atoms with Crippen molar-refractivity contribution in [3.63, 3.8) is 0 Å². The van der Waals surface area contributed by atoms with Gasteiger partial charge >= 0.3 is 0 Å². The van der Waals surface area contributed by atoms with E-state index in [2.05, 4.69) is 138 Å². The minimum absolute atomic E-state index is 0.563. The highest BCUT2D eigenvalue weighted by atomic mass is 16.3. The molecule has 0 N–H and O–H groups in total. The number of rotatable bonds is 5. The maximum Gasteiger partial charge on any atom is 0.238 e. The molecule has 4 heterocycles. The Labute approximate surface area is 325 Å². The van der Waals surface area contributed by atoms with Gasteiger partial charge in [-0.25, -0.2) is 4.98 Å². The second-order valence-electron chi connectivity index (χ2n) is 14.3. The Morgan fingerprint density at radius 2 is 0.807 bits per heavy atom. The summed E-state index contributed by atoms with van der Waals surface area (Å²) < 4.78 is 15.5. The van der Waals surface area contributed by atoms with Gasteiger partial charge in [-0.1, -0.05) is 158 Å². The van der Waals surface area contributed by atoms with Crippen LogP contribution >= 0.6 is 0 Å². The summed E-state index contributed by atoms with van der Waals surface area (Å²) in [6.07, 6.45) is 0. The third-order valence-electron chi connectivity index (χ3n) is 11.1. The number of furan rings is 2. The molecule has 0 spiro atoms. The molecule has 4 aromatic heterocycles. The lowest BCUT2D eigenvalue weighted by Gasteiger charge is -2.11. The van der Waals surface area contributed by atoms with E-state index in [1.807, 2.05) is 48.5 Å². The number of para-hydroxylation sites is 6. The van der Waals surface area contributed by atoms with Crippen molar-refractivity contribution in [2.24, 2.45) is 0 Å². The van der Waals surface area contributed by atoms with Crippen molar-refractivity contribution in [1.82, 2.24) is 19.5 Å². The fraction of sp³-hybridized carbons (Fsp3) is 0. The molecule has 6 nitrogen and oxygen atoms in total. The van der Waals surface area contributed by atoms with Gasteiger partial charge in [-0.15, -0.1) is 0 Å². The van der Waals surface area contributed by atoms with Gasteiger partial charge in [-0.3, -0.25) is 4.57 Å². The molecule has 0 saturated heterocycles. The van der Waals surface area contributed by atoms with Crippen molar-refractivity contribution in [3.8, 4) is 51.0 Å². The van der Waals surface area contributed by atoms with E-state index in [0.29, 0.717) is 17.6 Å². The third-order valence-corrected chi connectivity index (χ3v) is 11.1. The van der Waals surface area contributed by atoms with Crippen LogP contribution in [0.5, 0.6) is 0 Å². The summed E-state index contributed by atoms with van der Waals surface area (Å²) in [7, 11) is 0. The number of nitrogens with zero attached hydrogens (tertiary/aromatic N) is 4. The SMILES string of the molecule is c1ccc(-c2nc(-c3cccc(-c4cccc5c4oc4c(-c6cccc7c6oc6ccccc67)cccc45)c3)nc(-n3c4ccccc4c4ccccc43)n2)cc1. The van der Waals surface area contributed by atoms with E-state index in [1.165, 1.54) is 0 Å². The van der Waals surface area contributed by atoms with Crippen LogP contribution in [0.25, 0.3) is 117 Å². The maximum absolute atomic E-state index is 6.93. The molecule has 0 radical (unpaired) electrons. The van der Waals surface area contributed by atoms with Gasteiger partial charge in [0, 0.05) is 60.1 Å². The topological polar surface area (TPSA) is 69.9 Å². The molecule has 0 aliphatic rings. The Morgan fingerprint density at radius 3 is 1.51 bits per heavy atom. The van der Waals surface area contributed by atoms with E-state index < -0.39 is 0 Å². The molecule has 12 aromatic rings. The standard InChI is InChI=1S/C51H30N4O2/c1-2-14-31(15-3-1)49-52-50(54-51(53-49)55-43-27-7-4-18-35(43)36-19-5-8-28-44(36)55)33-17-10-16-32(30-33)34-21-11-23-39-41-25-13-26-42(48(41)57-46(34)39)40-24-12-22-38-37-20-6-9-29-45(37)56-47(38)40/h1-30H. The third kappa shape index (κ3) is 4.87. The van der Waals surface area contributed by atoms with Gasteiger partial charge in [0.25, 0.3) is 0 Å². The van der Waals surface area contributed by atoms with E-state index in [4.69, 9.17) is 23.8 Å². The smallest absolute Gasteiger partial charge is 0.238 e. The lowest BCUT2D eigenvalue weighted by atomic mass is 9.98. The fourth-order valence-electron chi connectivity index (χ4n) is 8.49. The van der Waals surface area contributed by atoms with Crippen LogP contribution in [-0.4, -0.2) is 19.5 Å². The summed E-state index contributed by atoms with van der Waals surface area (Å²) >= 11 is 0. The minimum atomic E-state index is 0.563. The predicted octanol–water partition coefficient (Wildman–Crippen LogP) is 13.4. The van der Waals surface area contributed by atoms with E-state index >= 15 is 0 Å². The first-order chi connectivity index (χ1) is 28.3. The van der Waals surface area contributed by atoms with Gasteiger partial charge in [-0.05, 0) is 29.8 Å². The largest absolute Gasteiger partial charge is 0.455 e. The second-order valence-corrected chi connectivity index (χ2v) is 14.3. The summed E-state index contributed by atoms with van der Waals surface area (Å²) in [5.41, 5.74) is 11.2. The zero-order valence-electron chi connectivity index (χ0n) is 30.4. The summed E-state index contributed by atoms with van der Waals surface area (Å²) in [5.74, 6) is 1.75. The molecular formula is C51H30N4O2. The minimum Gasteiger partial charge on any atom is -0.455 e. The summed E-state index contributed by atoms with van der Waals surface area (Å²) in [6, 6.07) is 62.5. The Bertz CT molecular complexity index is 3490. The Kier molecular flexibility index (Phi) is 6.83. The van der Waals surface area contributed by atoms with Crippen LogP contribution in [-0.2, 0) is 0 Å². The van der Waals surface area contributed by atoms with E-state index in [1.54, 1.807) is 0 Å². The number of hydrogen-bond acceptors (Lipinski definition) is 5. The molecule has 8 aromatic carbocycles. The van der Waals surface area contributed by atoms with E-state index in [9.17, 15) is 0 Å². The molecular weight excluding hydrogens is 701 g/mol. The van der Waals surface area contributed by atoms with Crippen LogP contribution < -0.4 is 0 Å². The normalized spacial score (nSPS) is 11.9. The predicted molar refractivity (Wildman–Crippen MR) is 230 cm³/mol. The molecule has 0 atom stereocenters. The van der Waals surface area contributed by atoms with E-state index in [0.717, 1.165) is 99.1 Å². The fourth-order valence-corrected chi connectivity index (χ4v) is 8.49. The maximum atomic E-state index is 6.93. The molecule has 0 amide bonds. The van der Waals surface area contributed by atoms with Gasteiger partial charge < -0.3 is 8.83 Å². The molecule has 0 aliphatic heterocycles. The van der Waals surface area contributed by atoms with Crippen molar-refractivity contribution in [3.05, 3.63) is 182 Å². The molecule has 266 valence electrons. The van der Waals surface area contributed by atoms with Crippen LogP contribution in [0.1, 0.15) is 0 Å². The van der Waals surface area contributed by atoms with E-state index in [-0.39, 0.29) is 0 Å². The number of fused-ring (bicyclic) bond motifs is 9. The van der Waals surface area contributed by atoms with Crippen molar-refractivity contribution in [2.45, 2.75) is 0 Å². The monoisotopic (exact) mass is 730 g/mol. The zero-order valence-corrected chi connectivity index (χ0v) is 30.4. The summed E-state index contributed by atoms with van der Waals surface area (Å²) in [6.45, 7) is 0. The number of aromatic nitrogens is 4. The molecule has 0 fully saturated rings. The number of benzene rings is 8. The lowest BCUT2D eigenvalue weighted by molar-refractivity contribution is 0.665. The first-order valence-electron chi connectivity index (χ1n) is 19.0. The first-order valence-corrected chi connectivity index (χ1v) is 19.0. The van der Waals surface area contributed by atoms with Crippen molar-refractivity contribution >= 4 is 65.7 Å². The average Bonchev–Trinajstić information content (AvgIpc) is 3.97. The van der Waals surface area contributed by atoms with Crippen molar-refractivity contribution in [1.29, 1.82) is 0 Å². The molecule has 0 unspecified atom stereocenters. The molecule has 0 saturated carbocycles. The van der Waals surface area contributed by atoms with Crippen LogP contribution in [0, 0.1) is 0 Å². The van der Waals surface area contributed by atoms with Crippen LogP contribution in [0.15, 0.2) is 191 Å². The van der Waals surface area contributed by atoms with Crippen LogP contribution in [0.2, 0.25) is 0 Å². The average molecular weight is 731 g/mol. The lowest BCUT2D eigenvalue weighted by Crippen LogP contribution is -2.06. The zero-order chi connectivity index (χ0) is 37.5. The highest BCUT2D eigenvalue weighted by Crippen LogP contribution is 2.43.